The standard InChI is InChI=1S/C10H13IN2O/c1-8(14)12-5-6-13-10-4-2-3-9(11)7-10/h2-4,7,13H,5-6H2,1H3,(H,12,14). The van der Waals surface area contributed by atoms with Gasteiger partial charge in [-0.05, 0) is 40.8 Å². The van der Waals surface area contributed by atoms with E-state index in [0.29, 0.717) is 6.54 Å². The number of carbonyl (C=O) groups excluding carboxylic acids is 1. The molecule has 1 rings (SSSR count). The van der Waals surface area contributed by atoms with Crippen LogP contribution in [0.2, 0.25) is 0 Å². The number of nitrogens with one attached hydrogen (secondary N) is 2. The first kappa shape index (κ1) is 11.3. The van der Waals surface area contributed by atoms with E-state index in [9.17, 15) is 4.79 Å². The smallest absolute Gasteiger partial charge is 0.216 e. The molecule has 0 spiro atoms. The molecule has 1 aromatic carbocycles. The second kappa shape index (κ2) is 5.85. The van der Waals surface area contributed by atoms with Gasteiger partial charge in [0, 0.05) is 29.3 Å². The van der Waals surface area contributed by atoms with Crippen molar-refractivity contribution in [2.75, 3.05) is 18.4 Å². The molecular formula is C10H13IN2O. The Balaban J connectivity index is 2.28. The summed E-state index contributed by atoms with van der Waals surface area (Å²) < 4.78 is 1.20. The predicted octanol–water partition coefficient (Wildman–Crippen LogP) is 1.84. The SMILES string of the molecule is CC(=O)NCCNc1cccc(I)c1. The van der Waals surface area contributed by atoms with Crippen molar-refractivity contribution in [3.05, 3.63) is 27.8 Å². The van der Waals surface area contributed by atoms with Crippen molar-refractivity contribution >= 4 is 34.2 Å². The van der Waals surface area contributed by atoms with E-state index < -0.39 is 0 Å². The van der Waals surface area contributed by atoms with Gasteiger partial charge in [0.05, 0.1) is 0 Å². The first-order chi connectivity index (χ1) is 6.68. The normalized spacial score (nSPS) is 9.57. The molecule has 0 saturated heterocycles. The van der Waals surface area contributed by atoms with Crippen molar-refractivity contribution in [1.29, 1.82) is 0 Å². The third-order valence-corrected chi connectivity index (χ3v) is 2.32. The van der Waals surface area contributed by atoms with E-state index in [-0.39, 0.29) is 5.91 Å². The lowest BCUT2D eigenvalue weighted by Crippen LogP contribution is -2.26. The highest BCUT2D eigenvalue weighted by molar-refractivity contribution is 14.1. The van der Waals surface area contributed by atoms with E-state index in [2.05, 4.69) is 39.3 Å². The summed E-state index contributed by atoms with van der Waals surface area (Å²) in [6.07, 6.45) is 0. The van der Waals surface area contributed by atoms with Gasteiger partial charge in [-0.25, -0.2) is 0 Å². The van der Waals surface area contributed by atoms with Crippen LogP contribution in [0.15, 0.2) is 24.3 Å². The lowest BCUT2D eigenvalue weighted by molar-refractivity contribution is -0.118. The third kappa shape index (κ3) is 4.45. The maximum atomic E-state index is 10.6. The zero-order valence-electron chi connectivity index (χ0n) is 8.01. The van der Waals surface area contributed by atoms with Crippen molar-refractivity contribution in [1.82, 2.24) is 5.32 Å². The summed E-state index contributed by atoms with van der Waals surface area (Å²) >= 11 is 2.27. The van der Waals surface area contributed by atoms with E-state index in [0.717, 1.165) is 12.2 Å². The number of hydrogen-bond acceptors (Lipinski definition) is 2. The molecule has 14 heavy (non-hydrogen) atoms. The largest absolute Gasteiger partial charge is 0.383 e. The lowest BCUT2D eigenvalue weighted by atomic mass is 10.3. The second-order valence-corrected chi connectivity index (χ2v) is 4.17. The summed E-state index contributed by atoms with van der Waals surface area (Å²) in [6.45, 7) is 2.92. The molecule has 0 saturated carbocycles. The van der Waals surface area contributed by atoms with Crippen LogP contribution in [-0.2, 0) is 4.79 Å². The van der Waals surface area contributed by atoms with Crippen LogP contribution in [-0.4, -0.2) is 19.0 Å². The molecule has 0 atom stereocenters. The number of benzene rings is 1. The third-order valence-electron chi connectivity index (χ3n) is 1.65. The second-order valence-electron chi connectivity index (χ2n) is 2.92. The minimum absolute atomic E-state index is 0.00874. The van der Waals surface area contributed by atoms with E-state index in [1.54, 1.807) is 0 Å². The summed E-state index contributed by atoms with van der Waals surface area (Å²) in [5.74, 6) is 0.00874. The Bertz CT molecular complexity index is 315. The molecule has 1 aromatic rings. The first-order valence-corrected chi connectivity index (χ1v) is 5.50. The number of anilines is 1. The molecule has 3 nitrogen and oxygen atoms in total. The van der Waals surface area contributed by atoms with Gasteiger partial charge in [0.1, 0.15) is 0 Å². The Hall–Kier alpha value is -0.780. The van der Waals surface area contributed by atoms with Crippen molar-refractivity contribution in [3.63, 3.8) is 0 Å². The molecular weight excluding hydrogens is 291 g/mol. The van der Waals surface area contributed by atoms with Gasteiger partial charge in [-0.2, -0.15) is 0 Å². The highest BCUT2D eigenvalue weighted by atomic mass is 127. The van der Waals surface area contributed by atoms with E-state index in [1.807, 2.05) is 18.2 Å². The van der Waals surface area contributed by atoms with Gasteiger partial charge in [0.25, 0.3) is 0 Å². The van der Waals surface area contributed by atoms with Crippen LogP contribution < -0.4 is 10.6 Å². The van der Waals surface area contributed by atoms with Gasteiger partial charge < -0.3 is 10.6 Å². The van der Waals surface area contributed by atoms with Crippen LogP contribution in [0.1, 0.15) is 6.92 Å². The number of amides is 1. The molecule has 0 aliphatic heterocycles. The molecule has 4 heteroatoms. The number of rotatable bonds is 4. The summed E-state index contributed by atoms with van der Waals surface area (Å²) in [5, 5.41) is 5.95. The molecule has 0 aliphatic carbocycles. The van der Waals surface area contributed by atoms with Gasteiger partial charge in [0.2, 0.25) is 5.91 Å². The monoisotopic (exact) mass is 304 g/mol. The van der Waals surface area contributed by atoms with Crippen molar-refractivity contribution in [2.45, 2.75) is 6.92 Å². The van der Waals surface area contributed by atoms with E-state index in [1.165, 1.54) is 10.5 Å². The Morgan fingerprint density at radius 3 is 2.86 bits per heavy atom. The quantitative estimate of drug-likeness (QED) is 0.658. The van der Waals surface area contributed by atoms with Gasteiger partial charge in [-0.3, -0.25) is 4.79 Å². The molecule has 76 valence electrons. The Morgan fingerprint density at radius 2 is 2.21 bits per heavy atom. The lowest BCUT2D eigenvalue weighted by Gasteiger charge is -2.06. The summed E-state index contributed by atoms with van der Waals surface area (Å²) in [7, 11) is 0. The molecule has 0 heterocycles. The Morgan fingerprint density at radius 1 is 1.43 bits per heavy atom. The number of carbonyl (C=O) groups is 1. The highest BCUT2D eigenvalue weighted by Gasteiger charge is 1.93. The van der Waals surface area contributed by atoms with Crippen LogP contribution >= 0.6 is 22.6 Å². The van der Waals surface area contributed by atoms with Crippen LogP contribution in [0.25, 0.3) is 0 Å². The average molecular weight is 304 g/mol. The molecule has 1 amide bonds. The molecule has 2 N–H and O–H groups in total. The molecule has 0 bridgehead atoms. The molecule has 0 fully saturated rings. The van der Waals surface area contributed by atoms with Crippen LogP contribution in [0.3, 0.4) is 0 Å². The fourth-order valence-corrected chi connectivity index (χ4v) is 1.59. The Kier molecular flexibility index (Phi) is 4.72. The van der Waals surface area contributed by atoms with Crippen LogP contribution in [0, 0.1) is 3.57 Å². The van der Waals surface area contributed by atoms with Crippen LogP contribution in [0.4, 0.5) is 5.69 Å². The molecule has 0 aromatic heterocycles. The maximum absolute atomic E-state index is 10.6. The topological polar surface area (TPSA) is 41.1 Å². The van der Waals surface area contributed by atoms with Gasteiger partial charge >= 0.3 is 0 Å². The highest BCUT2D eigenvalue weighted by Crippen LogP contribution is 2.11. The molecule has 0 aliphatic rings. The molecule has 0 radical (unpaired) electrons. The van der Waals surface area contributed by atoms with Crippen molar-refractivity contribution in [3.8, 4) is 0 Å². The summed E-state index contributed by atoms with van der Waals surface area (Å²) in [4.78, 5) is 10.6. The van der Waals surface area contributed by atoms with Crippen molar-refractivity contribution in [2.24, 2.45) is 0 Å². The minimum Gasteiger partial charge on any atom is -0.383 e. The minimum atomic E-state index is 0.00874. The van der Waals surface area contributed by atoms with Gasteiger partial charge in [0.15, 0.2) is 0 Å². The van der Waals surface area contributed by atoms with Crippen molar-refractivity contribution < 1.29 is 4.79 Å². The summed E-state index contributed by atoms with van der Waals surface area (Å²) in [5.41, 5.74) is 1.09. The molecule has 0 unspecified atom stereocenters. The number of halogens is 1. The summed E-state index contributed by atoms with van der Waals surface area (Å²) in [6, 6.07) is 8.12. The average Bonchev–Trinajstić information content (AvgIpc) is 2.12. The van der Waals surface area contributed by atoms with E-state index in [4.69, 9.17) is 0 Å². The fraction of sp³-hybridized carbons (Fsp3) is 0.300. The fourth-order valence-electron chi connectivity index (χ4n) is 1.04. The zero-order valence-corrected chi connectivity index (χ0v) is 10.2. The maximum Gasteiger partial charge on any atom is 0.216 e. The first-order valence-electron chi connectivity index (χ1n) is 4.42. The Labute approximate surface area is 97.4 Å². The number of hydrogen-bond donors (Lipinski definition) is 2. The van der Waals surface area contributed by atoms with Gasteiger partial charge in [-0.15, -0.1) is 0 Å². The van der Waals surface area contributed by atoms with Gasteiger partial charge in [-0.1, -0.05) is 6.07 Å². The van der Waals surface area contributed by atoms with Crippen LogP contribution in [0.5, 0.6) is 0 Å². The zero-order chi connectivity index (χ0) is 10.4. The van der Waals surface area contributed by atoms with E-state index >= 15 is 0 Å². The predicted molar refractivity (Wildman–Crippen MR) is 66.3 cm³/mol.